The second kappa shape index (κ2) is 4.53. The van der Waals surface area contributed by atoms with Gasteiger partial charge in [-0.15, -0.1) is 0 Å². The molecule has 0 aliphatic carbocycles. The Balaban J connectivity index is 2.12. The molecule has 1 aromatic carbocycles. The third-order valence-corrected chi connectivity index (χ3v) is 2.86. The second-order valence-electron chi connectivity index (χ2n) is 4.03. The maximum Gasteiger partial charge on any atom is 0.192 e. The van der Waals surface area contributed by atoms with Crippen LogP contribution in [0.4, 0.5) is 0 Å². The number of benzene rings is 1. The fourth-order valence-electron chi connectivity index (χ4n) is 1.84. The molecular weight excluding hydrogens is 242 g/mol. The van der Waals surface area contributed by atoms with Gasteiger partial charge < -0.3 is 9.72 Å². The number of nitrogens with one attached hydrogen (secondary N) is 1. The molecule has 0 saturated carbocycles. The van der Waals surface area contributed by atoms with Gasteiger partial charge in [-0.1, -0.05) is 0 Å². The average molecular weight is 253 g/mol. The zero-order chi connectivity index (χ0) is 13.2. The highest BCUT2D eigenvalue weighted by atomic mass is 16.5. The van der Waals surface area contributed by atoms with Crippen molar-refractivity contribution in [3.8, 4) is 17.1 Å². The first kappa shape index (κ1) is 11.4. The minimum absolute atomic E-state index is 0.0879. The van der Waals surface area contributed by atoms with E-state index < -0.39 is 0 Å². The van der Waals surface area contributed by atoms with Crippen LogP contribution in [-0.2, 0) is 0 Å². The van der Waals surface area contributed by atoms with Crippen LogP contribution in [0.3, 0.4) is 0 Å². The molecule has 0 saturated heterocycles. The van der Waals surface area contributed by atoms with E-state index in [0.29, 0.717) is 16.9 Å². The summed E-state index contributed by atoms with van der Waals surface area (Å²) in [6.07, 6.45) is 3.12. The highest BCUT2D eigenvalue weighted by Crippen LogP contribution is 2.19. The second-order valence-corrected chi connectivity index (χ2v) is 4.03. The van der Waals surface area contributed by atoms with Crippen molar-refractivity contribution in [3.05, 3.63) is 52.9 Å². The molecule has 2 aromatic heterocycles. The van der Waals surface area contributed by atoms with Gasteiger partial charge in [0.05, 0.1) is 12.5 Å². The first-order valence-electron chi connectivity index (χ1n) is 5.77. The van der Waals surface area contributed by atoms with Gasteiger partial charge in [-0.05, 0) is 24.3 Å². The normalized spacial score (nSPS) is 10.6. The molecule has 5 heteroatoms. The van der Waals surface area contributed by atoms with Gasteiger partial charge >= 0.3 is 0 Å². The van der Waals surface area contributed by atoms with E-state index in [1.54, 1.807) is 19.5 Å². The lowest BCUT2D eigenvalue weighted by Gasteiger charge is -2.03. The van der Waals surface area contributed by atoms with Crippen molar-refractivity contribution in [2.45, 2.75) is 0 Å². The molecule has 3 aromatic rings. The van der Waals surface area contributed by atoms with E-state index in [1.807, 2.05) is 24.3 Å². The van der Waals surface area contributed by atoms with E-state index in [2.05, 4.69) is 15.0 Å². The van der Waals surface area contributed by atoms with Gasteiger partial charge in [0, 0.05) is 24.0 Å². The number of rotatable bonds is 2. The Kier molecular flexibility index (Phi) is 2.72. The summed E-state index contributed by atoms with van der Waals surface area (Å²) in [4.78, 5) is 23.1. The molecule has 0 bridgehead atoms. The quantitative estimate of drug-likeness (QED) is 0.758. The monoisotopic (exact) mass is 253 g/mol. The molecule has 1 N–H and O–H groups in total. The highest BCUT2D eigenvalue weighted by molar-refractivity contribution is 5.75. The number of aromatic nitrogens is 3. The number of ether oxygens (including phenoxy) is 1. The molecule has 0 radical (unpaired) electrons. The number of H-pyrrole nitrogens is 1. The molecule has 0 aliphatic heterocycles. The third kappa shape index (κ3) is 2.06. The topological polar surface area (TPSA) is 67.9 Å². The van der Waals surface area contributed by atoms with Gasteiger partial charge in [-0.3, -0.25) is 4.79 Å². The number of nitrogens with zero attached hydrogens (tertiary/aromatic N) is 2. The Hall–Kier alpha value is -2.69. The number of hydrogen-bond donors (Lipinski definition) is 1. The molecule has 0 amide bonds. The van der Waals surface area contributed by atoms with E-state index in [0.717, 1.165) is 11.3 Å². The van der Waals surface area contributed by atoms with Crippen molar-refractivity contribution < 1.29 is 4.74 Å². The number of aromatic amines is 1. The minimum atomic E-state index is -0.0879. The number of fused-ring (bicyclic) bond motifs is 1. The van der Waals surface area contributed by atoms with E-state index in [1.165, 1.54) is 6.07 Å². The summed E-state index contributed by atoms with van der Waals surface area (Å²) in [6, 6.07) is 8.90. The number of pyridine rings is 1. The standard InChI is InChI=1S/C14H11N3O2/c1-19-10-4-2-9(3-5-10)13-16-8-11-12(18)6-7-15-14(11)17-13/h2-8H,1H3,(H,15,16,17,18). The summed E-state index contributed by atoms with van der Waals surface area (Å²) in [5.41, 5.74) is 1.32. The SMILES string of the molecule is COc1ccc(-c2ncc3c(=O)cc[nH]c3n2)cc1. The summed E-state index contributed by atoms with van der Waals surface area (Å²) in [5, 5.41) is 0.486. The van der Waals surface area contributed by atoms with Crippen LogP contribution >= 0.6 is 0 Å². The maximum absolute atomic E-state index is 11.6. The molecule has 0 fully saturated rings. The Labute approximate surface area is 108 Å². The largest absolute Gasteiger partial charge is 0.497 e. The predicted octanol–water partition coefficient (Wildman–Crippen LogP) is 1.99. The molecule has 2 heterocycles. The van der Waals surface area contributed by atoms with Crippen molar-refractivity contribution in [2.75, 3.05) is 7.11 Å². The van der Waals surface area contributed by atoms with Crippen LogP contribution in [0.1, 0.15) is 0 Å². The fourth-order valence-corrected chi connectivity index (χ4v) is 1.84. The molecule has 19 heavy (non-hydrogen) atoms. The van der Waals surface area contributed by atoms with Crippen LogP contribution in [0, 0.1) is 0 Å². The smallest absolute Gasteiger partial charge is 0.192 e. The fraction of sp³-hybridized carbons (Fsp3) is 0.0714. The zero-order valence-electron chi connectivity index (χ0n) is 10.3. The van der Waals surface area contributed by atoms with Crippen molar-refractivity contribution in [1.82, 2.24) is 15.0 Å². The number of methoxy groups -OCH3 is 1. The zero-order valence-corrected chi connectivity index (χ0v) is 10.3. The first-order chi connectivity index (χ1) is 9.28. The van der Waals surface area contributed by atoms with Crippen LogP contribution in [0.25, 0.3) is 22.4 Å². The van der Waals surface area contributed by atoms with Crippen molar-refractivity contribution in [2.24, 2.45) is 0 Å². The van der Waals surface area contributed by atoms with Crippen LogP contribution in [-0.4, -0.2) is 22.1 Å². The van der Waals surface area contributed by atoms with Gasteiger partial charge in [0.15, 0.2) is 11.3 Å². The van der Waals surface area contributed by atoms with Crippen molar-refractivity contribution in [3.63, 3.8) is 0 Å². The van der Waals surface area contributed by atoms with Crippen LogP contribution in [0.15, 0.2) is 47.5 Å². The van der Waals surface area contributed by atoms with Crippen molar-refractivity contribution >= 4 is 11.0 Å². The number of hydrogen-bond acceptors (Lipinski definition) is 4. The van der Waals surface area contributed by atoms with Gasteiger partial charge in [-0.2, -0.15) is 0 Å². The van der Waals surface area contributed by atoms with Crippen molar-refractivity contribution in [1.29, 1.82) is 0 Å². The Morgan fingerprint density at radius 2 is 1.95 bits per heavy atom. The molecule has 0 spiro atoms. The molecule has 3 rings (SSSR count). The Bertz CT molecular complexity index is 779. The lowest BCUT2D eigenvalue weighted by Crippen LogP contribution is -2.03. The van der Waals surface area contributed by atoms with E-state index >= 15 is 0 Å². The van der Waals surface area contributed by atoms with Crippen LogP contribution in [0.2, 0.25) is 0 Å². The summed E-state index contributed by atoms with van der Waals surface area (Å²) in [6.45, 7) is 0. The molecule has 0 aliphatic rings. The first-order valence-corrected chi connectivity index (χ1v) is 5.77. The predicted molar refractivity (Wildman–Crippen MR) is 72.1 cm³/mol. The summed E-state index contributed by atoms with van der Waals surface area (Å²) < 4.78 is 5.10. The summed E-state index contributed by atoms with van der Waals surface area (Å²) in [7, 11) is 1.62. The van der Waals surface area contributed by atoms with E-state index in [-0.39, 0.29) is 5.43 Å². The maximum atomic E-state index is 11.6. The van der Waals surface area contributed by atoms with Crippen LogP contribution in [0.5, 0.6) is 5.75 Å². The Morgan fingerprint density at radius 1 is 1.16 bits per heavy atom. The van der Waals surface area contributed by atoms with Gasteiger partial charge in [0.1, 0.15) is 11.4 Å². The molecule has 0 atom stereocenters. The summed E-state index contributed by atoms with van der Waals surface area (Å²) >= 11 is 0. The van der Waals surface area contributed by atoms with Gasteiger partial charge in [0.25, 0.3) is 0 Å². The minimum Gasteiger partial charge on any atom is -0.497 e. The average Bonchev–Trinajstić information content (AvgIpc) is 2.47. The third-order valence-electron chi connectivity index (χ3n) is 2.86. The van der Waals surface area contributed by atoms with Crippen LogP contribution < -0.4 is 10.2 Å². The van der Waals surface area contributed by atoms with E-state index in [9.17, 15) is 4.79 Å². The molecule has 0 unspecified atom stereocenters. The molecule has 5 nitrogen and oxygen atoms in total. The van der Waals surface area contributed by atoms with Gasteiger partial charge in [-0.25, -0.2) is 9.97 Å². The lowest BCUT2D eigenvalue weighted by molar-refractivity contribution is 0.415. The molecular formula is C14H11N3O2. The lowest BCUT2D eigenvalue weighted by atomic mass is 10.2. The highest BCUT2D eigenvalue weighted by Gasteiger charge is 2.05. The van der Waals surface area contributed by atoms with Gasteiger partial charge in [0.2, 0.25) is 0 Å². The molecule has 94 valence electrons. The summed E-state index contributed by atoms with van der Waals surface area (Å²) in [5.74, 6) is 1.34. The van der Waals surface area contributed by atoms with E-state index in [4.69, 9.17) is 4.74 Å². The Morgan fingerprint density at radius 3 is 2.68 bits per heavy atom.